The second-order valence-corrected chi connectivity index (χ2v) is 6.36. The number of rotatable bonds is 3. The molecule has 0 spiro atoms. The zero-order chi connectivity index (χ0) is 17.7. The summed E-state index contributed by atoms with van der Waals surface area (Å²) >= 11 is 0. The number of nitrogens with zero attached hydrogens (tertiary/aromatic N) is 3. The number of para-hydroxylation sites is 1. The zero-order valence-electron chi connectivity index (χ0n) is 13.9. The lowest BCUT2D eigenvalue weighted by atomic mass is 9.96. The average molecular weight is 343 g/mol. The lowest BCUT2D eigenvalue weighted by Gasteiger charge is -2.30. The molecule has 0 saturated heterocycles. The molecule has 0 fully saturated rings. The van der Waals surface area contributed by atoms with Crippen LogP contribution in [0.25, 0.3) is 0 Å². The standard InChI is InChI=1S/C16H22N3.BF4/c1-13(2)11-15-9-6-10-16-17-19(12-18(15)16)14-7-4-3-5-8-14;2-1(3,4)5/h3-5,7-8,10,13,15H,6,9,11-12H2,1-2H3;/q+1;-1/t15-;/m1./s1. The predicted octanol–water partition coefficient (Wildman–Crippen LogP) is 5.41. The SMILES string of the molecule is CC(C)C[C@H]1CCC=C2N=[N+](c3ccccc3)CN21.F[B-](F)(F)F. The van der Waals surface area contributed by atoms with Crippen LogP contribution in [-0.2, 0) is 0 Å². The maximum Gasteiger partial charge on any atom is 0.673 e. The fourth-order valence-electron chi connectivity index (χ4n) is 2.98. The van der Waals surface area contributed by atoms with Crippen molar-refractivity contribution in [2.45, 2.75) is 39.2 Å². The van der Waals surface area contributed by atoms with Crippen molar-refractivity contribution in [1.82, 2.24) is 4.90 Å². The minimum Gasteiger partial charge on any atom is -0.418 e. The number of hydrogen-bond acceptors (Lipinski definition) is 2. The summed E-state index contributed by atoms with van der Waals surface area (Å²) in [6, 6.07) is 11.1. The second-order valence-electron chi connectivity index (χ2n) is 6.36. The van der Waals surface area contributed by atoms with Crippen LogP contribution in [-0.4, -0.2) is 29.6 Å². The van der Waals surface area contributed by atoms with Crippen molar-refractivity contribution in [3.63, 3.8) is 0 Å². The van der Waals surface area contributed by atoms with E-state index in [0.29, 0.717) is 6.04 Å². The van der Waals surface area contributed by atoms with Gasteiger partial charge in [0.15, 0.2) is 5.82 Å². The predicted molar refractivity (Wildman–Crippen MR) is 86.2 cm³/mol. The second kappa shape index (κ2) is 7.81. The van der Waals surface area contributed by atoms with Crippen molar-refractivity contribution in [1.29, 1.82) is 0 Å². The first-order valence-corrected chi connectivity index (χ1v) is 8.12. The van der Waals surface area contributed by atoms with Crippen LogP contribution in [0.2, 0.25) is 0 Å². The third-order valence-electron chi connectivity index (χ3n) is 3.87. The smallest absolute Gasteiger partial charge is 0.418 e. The first-order valence-electron chi connectivity index (χ1n) is 8.12. The number of halogens is 4. The Kier molecular flexibility index (Phi) is 6.02. The molecule has 2 aliphatic heterocycles. The molecule has 0 N–H and O–H groups in total. The average Bonchev–Trinajstić information content (AvgIpc) is 2.91. The van der Waals surface area contributed by atoms with E-state index < -0.39 is 7.25 Å². The summed E-state index contributed by atoms with van der Waals surface area (Å²) in [6.45, 7) is 5.51. The first-order chi connectivity index (χ1) is 11.2. The molecule has 2 heterocycles. The third kappa shape index (κ3) is 5.65. The third-order valence-corrected chi connectivity index (χ3v) is 3.87. The van der Waals surface area contributed by atoms with Crippen molar-refractivity contribution in [3.8, 4) is 0 Å². The molecular formula is C16H22BF4N3. The molecule has 0 bridgehead atoms. The molecule has 1 aromatic carbocycles. The monoisotopic (exact) mass is 343 g/mol. The molecule has 0 radical (unpaired) electrons. The number of hydrogen-bond donors (Lipinski definition) is 0. The van der Waals surface area contributed by atoms with Crippen LogP contribution in [0, 0.1) is 5.92 Å². The van der Waals surface area contributed by atoms with E-state index in [1.54, 1.807) is 0 Å². The summed E-state index contributed by atoms with van der Waals surface area (Å²) in [5.74, 6) is 1.91. The van der Waals surface area contributed by atoms with Crippen molar-refractivity contribution < 1.29 is 22.0 Å². The minimum absolute atomic E-state index is 0.650. The van der Waals surface area contributed by atoms with Gasteiger partial charge in [-0.1, -0.05) is 36.7 Å². The van der Waals surface area contributed by atoms with Gasteiger partial charge in [-0.05, 0) is 31.3 Å². The van der Waals surface area contributed by atoms with Crippen LogP contribution in [0.5, 0.6) is 0 Å². The fourth-order valence-corrected chi connectivity index (χ4v) is 2.98. The van der Waals surface area contributed by atoms with Gasteiger partial charge < -0.3 is 17.3 Å². The molecule has 24 heavy (non-hydrogen) atoms. The molecule has 0 unspecified atom stereocenters. The van der Waals surface area contributed by atoms with Crippen LogP contribution >= 0.6 is 0 Å². The van der Waals surface area contributed by atoms with Gasteiger partial charge in [0.25, 0.3) is 6.67 Å². The number of azo groups is 2. The highest BCUT2D eigenvalue weighted by atomic mass is 19.5. The molecule has 8 heteroatoms. The van der Waals surface area contributed by atoms with Gasteiger partial charge in [0, 0.05) is 23.3 Å². The highest BCUT2D eigenvalue weighted by Crippen LogP contribution is 2.32. The van der Waals surface area contributed by atoms with E-state index in [4.69, 9.17) is 5.11 Å². The highest BCUT2D eigenvalue weighted by Gasteiger charge is 2.35. The molecule has 2 aliphatic rings. The summed E-state index contributed by atoms with van der Waals surface area (Å²) in [5.41, 5.74) is 1.18. The lowest BCUT2D eigenvalue weighted by molar-refractivity contribution is -0.511. The van der Waals surface area contributed by atoms with E-state index >= 15 is 0 Å². The zero-order valence-corrected chi connectivity index (χ0v) is 13.9. The number of fused-ring (bicyclic) bond motifs is 1. The van der Waals surface area contributed by atoms with Gasteiger partial charge in [-0.25, -0.2) is 0 Å². The van der Waals surface area contributed by atoms with Gasteiger partial charge in [0.2, 0.25) is 5.69 Å². The Morgan fingerprint density at radius 3 is 2.42 bits per heavy atom. The van der Waals surface area contributed by atoms with E-state index in [2.05, 4.69) is 53.8 Å². The molecular weight excluding hydrogens is 321 g/mol. The Bertz CT molecular complexity index is 593. The first kappa shape index (κ1) is 18.5. The molecule has 3 nitrogen and oxygen atoms in total. The molecule has 0 aliphatic carbocycles. The van der Waals surface area contributed by atoms with Gasteiger partial charge >= 0.3 is 7.25 Å². The molecule has 1 atom stereocenters. The molecule has 0 saturated carbocycles. The fraction of sp³-hybridized carbons (Fsp3) is 0.500. The Morgan fingerprint density at radius 1 is 1.21 bits per heavy atom. The van der Waals surface area contributed by atoms with Crippen molar-refractivity contribution in [2.24, 2.45) is 11.0 Å². The number of allylic oxidation sites excluding steroid dienone is 1. The van der Waals surface area contributed by atoms with E-state index in [0.717, 1.165) is 19.0 Å². The van der Waals surface area contributed by atoms with Gasteiger partial charge in [-0.15, -0.1) is 0 Å². The molecule has 3 rings (SSSR count). The largest absolute Gasteiger partial charge is 0.673 e. The Morgan fingerprint density at radius 2 is 1.83 bits per heavy atom. The topological polar surface area (TPSA) is 18.6 Å². The molecule has 0 aromatic heterocycles. The van der Waals surface area contributed by atoms with Gasteiger partial charge in [0.05, 0.1) is 0 Å². The van der Waals surface area contributed by atoms with Crippen LogP contribution in [0.15, 0.2) is 47.3 Å². The van der Waals surface area contributed by atoms with Crippen molar-refractivity contribution >= 4 is 12.9 Å². The van der Waals surface area contributed by atoms with E-state index in [1.807, 2.05) is 6.07 Å². The number of benzene rings is 1. The summed E-state index contributed by atoms with van der Waals surface area (Å²) < 4.78 is 41.1. The summed E-state index contributed by atoms with van der Waals surface area (Å²) in [5, 5.41) is 4.76. The highest BCUT2D eigenvalue weighted by molar-refractivity contribution is 6.50. The summed E-state index contributed by atoms with van der Waals surface area (Å²) in [6.07, 6.45) is 5.96. The Labute approximate surface area is 139 Å². The van der Waals surface area contributed by atoms with E-state index in [1.165, 1.54) is 24.4 Å². The Balaban J connectivity index is 0.000000368. The Hall–Kier alpha value is -1.86. The van der Waals surface area contributed by atoms with Crippen LogP contribution in [0.3, 0.4) is 0 Å². The van der Waals surface area contributed by atoms with Crippen LogP contribution in [0.4, 0.5) is 23.0 Å². The maximum atomic E-state index is 9.75. The van der Waals surface area contributed by atoms with Crippen LogP contribution < -0.4 is 0 Å². The molecule has 1 aromatic rings. The normalized spacial score (nSPS) is 20.1. The van der Waals surface area contributed by atoms with Gasteiger partial charge in [0.1, 0.15) is 0 Å². The maximum absolute atomic E-state index is 9.75. The molecule has 132 valence electrons. The van der Waals surface area contributed by atoms with E-state index in [9.17, 15) is 17.3 Å². The lowest BCUT2D eigenvalue weighted by Crippen LogP contribution is -2.36. The minimum atomic E-state index is -6.00. The van der Waals surface area contributed by atoms with Gasteiger partial charge in [-0.2, -0.15) is 0 Å². The van der Waals surface area contributed by atoms with Gasteiger partial charge in [-0.3, -0.25) is 4.90 Å². The molecule has 0 amide bonds. The quantitative estimate of drug-likeness (QED) is 0.408. The van der Waals surface area contributed by atoms with Crippen molar-refractivity contribution in [3.05, 3.63) is 42.2 Å². The summed E-state index contributed by atoms with van der Waals surface area (Å²) in [4.78, 5) is 2.47. The van der Waals surface area contributed by atoms with Crippen LogP contribution in [0.1, 0.15) is 33.1 Å². The summed E-state index contributed by atoms with van der Waals surface area (Å²) in [7, 11) is -6.00. The van der Waals surface area contributed by atoms with E-state index in [-0.39, 0.29) is 0 Å². The van der Waals surface area contributed by atoms with Crippen molar-refractivity contribution in [2.75, 3.05) is 6.67 Å².